The zero-order chi connectivity index (χ0) is 58.4. The minimum absolute atomic E-state index is 0.00158. The van der Waals surface area contributed by atoms with Gasteiger partial charge in [0.15, 0.2) is 0 Å². The van der Waals surface area contributed by atoms with Gasteiger partial charge in [-0.2, -0.15) is 0 Å². The van der Waals surface area contributed by atoms with Crippen molar-refractivity contribution in [1.82, 2.24) is 0 Å². The molecule has 7 aliphatic rings. The largest absolute Gasteiger partial charge is 0.311 e. The van der Waals surface area contributed by atoms with Crippen molar-refractivity contribution in [2.45, 2.75) is 186 Å². The number of hydrogen-bond donors (Lipinski definition) is 0. The number of nitrogens with zero attached hydrogens (tertiary/aromatic N) is 3. The first-order valence-corrected chi connectivity index (χ1v) is 32.5. The summed E-state index contributed by atoms with van der Waals surface area (Å²) in [6.07, 6.45) is 9.67. The molecule has 0 N–H and O–H groups in total. The van der Waals surface area contributed by atoms with Crippen LogP contribution in [0.25, 0.3) is 21.2 Å². The zero-order valence-electron chi connectivity index (χ0n) is 52.5. The van der Waals surface area contributed by atoms with Crippen LogP contribution < -0.4 is 30.4 Å². The van der Waals surface area contributed by atoms with E-state index < -0.39 is 0 Å². The first-order valence-electron chi connectivity index (χ1n) is 31.7. The summed E-state index contributed by atoms with van der Waals surface area (Å²) >= 11 is 2.10. The van der Waals surface area contributed by atoms with Gasteiger partial charge in [0, 0.05) is 54.6 Å². The minimum Gasteiger partial charge on any atom is -0.311 e. The summed E-state index contributed by atoms with van der Waals surface area (Å²) in [6, 6.07) is 62.7. The second-order valence-electron chi connectivity index (χ2n) is 30.9. The van der Waals surface area contributed by atoms with Crippen LogP contribution in [0, 0.1) is 6.92 Å². The van der Waals surface area contributed by atoms with Crippen LogP contribution in [-0.2, 0) is 37.9 Å². The maximum Gasteiger partial charge on any atom is 0.264 e. The Morgan fingerprint density at radius 1 is 0.464 bits per heavy atom. The van der Waals surface area contributed by atoms with Gasteiger partial charge in [0.05, 0.1) is 17.1 Å². The van der Waals surface area contributed by atoms with E-state index >= 15 is 0 Å². The van der Waals surface area contributed by atoms with Crippen molar-refractivity contribution in [3.63, 3.8) is 0 Å². The van der Waals surface area contributed by atoms with Crippen LogP contribution in [-0.4, -0.2) is 6.71 Å². The first kappa shape index (κ1) is 53.9. The molecule has 5 heteroatoms. The summed E-state index contributed by atoms with van der Waals surface area (Å²) in [5.41, 5.74) is 28.5. The van der Waals surface area contributed by atoms with E-state index in [4.69, 9.17) is 0 Å². The summed E-state index contributed by atoms with van der Waals surface area (Å²) < 4.78 is 2.89. The van der Waals surface area contributed by atoms with Crippen molar-refractivity contribution in [3.05, 3.63) is 202 Å². The van der Waals surface area contributed by atoms with Gasteiger partial charge in [-0.15, -0.1) is 11.3 Å². The third-order valence-electron chi connectivity index (χ3n) is 22.4. The van der Waals surface area contributed by atoms with Crippen LogP contribution in [0.2, 0.25) is 0 Å². The number of hydrogen-bond acceptors (Lipinski definition) is 4. The molecule has 2 aliphatic heterocycles. The fourth-order valence-corrected chi connectivity index (χ4v) is 18.0. The molecule has 0 amide bonds. The van der Waals surface area contributed by atoms with Crippen molar-refractivity contribution >= 4 is 95.0 Å². The number of para-hydroxylation sites is 2. The molecular weight excluding hydrogens is 1030 g/mol. The summed E-state index contributed by atoms with van der Waals surface area (Å²) in [7, 11) is 0. The lowest BCUT2D eigenvalue weighted by atomic mass is 9.35. The highest BCUT2D eigenvalue weighted by molar-refractivity contribution is 7.33. The number of benzene rings is 8. The van der Waals surface area contributed by atoms with Crippen LogP contribution in [0.4, 0.5) is 51.2 Å². The van der Waals surface area contributed by atoms with Gasteiger partial charge < -0.3 is 14.7 Å². The van der Waals surface area contributed by atoms with Gasteiger partial charge in [0.1, 0.15) is 0 Å². The maximum atomic E-state index is 2.80. The SMILES string of the molecule is Cc1ccccc1N(c1ccccc1)c1cc2c3c(c1)N(c1ccc4c(c1)C(C)(C)CCC4(C)C)c1c(sc4cc5c(cc14)C1(C)CCC5(C)CC1)B3c1cc3c(cc1N2c1ccc(C(C)(C)C)cc1-c1ccccc1)C(C)(C)CCC3(C)C. The zero-order valence-corrected chi connectivity index (χ0v) is 53.3. The van der Waals surface area contributed by atoms with Gasteiger partial charge in [-0.3, -0.25) is 0 Å². The lowest BCUT2D eigenvalue weighted by molar-refractivity contribution is 0.188. The molecule has 0 spiro atoms. The Morgan fingerprint density at radius 3 is 1.65 bits per heavy atom. The van der Waals surface area contributed by atoms with Gasteiger partial charge in [0.2, 0.25) is 0 Å². The van der Waals surface area contributed by atoms with Crippen LogP contribution in [0.15, 0.2) is 158 Å². The van der Waals surface area contributed by atoms with Gasteiger partial charge in [-0.1, -0.05) is 175 Å². The smallest absolute Gasteiger partial charge is 0.264 e. The molecule has 424 valence electrons. The van der Waals surface area contributed by atoms with Crippen molar-refractivity contribution in [1.29, 1.82) is 0 Å². The number of fused-ring (bicyclic) bond motifs is 10. The van der Waals surface area contributed by atoms with Crippen molar-refractivity contribution in [2.24, 2.45) is 0 Å². The average Bonchev–Trinajstić information content (AvgIpc) is 1.27. The Bertz CT molecular complexity index is 4200. The van der Waals surface area contributed by atoms with E-state index in [0.717, 1.165) is 30.6 Å². The second kappa shape index (κ2) is 18.1. The number of rotatable bonds is 6. The quantitative estimate of drug-likeness (QED) is 0.154. The molecule has 2 bridgehead atoms. The Morgan fingerprint density at radius 2 is 1.02 bits per heavy atom. The third-order valence-corrected chi connectivity index (χ3v) is 23.6. The first-order chi connectivity index (χ1) is 39.9. The predicted molar refractivity (Wildman–Crippen MR) is 363 cm³/mol. The number of aryl methyl sites for hydroxylation is 1. The molecule has 0 unspecified atom stereocenters. The van der Waals surface area contributed by atoms with E-state index in [-0.39, 0.29) is 44.6 Å². The molecular formula is C79H84BN3S. The molecule has 1 fully saturated rings. The molecule has 16 rings (SSSR count). The fourth-order valence-electron chi connectivity index (χ4n) is 16.7. The van der Waals surface area contributed by atoms with Crippen LogP contribution in [0.5, 0.6) is 0 Å². The van der Waals surface area contributed by atoms with Gasteiger partial charge in [-0.05, 0) is 230 Å². The summed E-state index contributed by atoms with van der Waals surface area (Å²) in [6.45, 7) is 34.5. The van der Waals surface area contributed by atoms with Crippen molar-refractivity contribution in [3.8, 4) is 11.1 Å². The van der Waals surface area contributed by atoms with Crippen molar-refractivity contribution in [2.75, 3.05) is 14.7 Å². The molecule has 0 saturated heterocycles. The summed E-state index contributed by atoms with van der Waals surface area (Å²) in [4.78, 5) is 8.12. The van der Waals surface area contributed by atoms with Gasteiger partial charge in [-0.25, -0.2) is 0 Å². The van der Waals surface area contributed by atoms with Crippen LogP contribution >= 0.6 is 11.3 Å². The number of thiophene rings is 1. The van der Waals surface area contributed by atoms with Crippen LogP contribution in [0.3, 0.4) is 0 Å². The minimum atomic E-state index is -0.0607. The molecule has 1 aromatic heterocycles. The lowest BCUT2D eigenvalue weighted by Crippen LogP contribution is -2.61. The average molecular weight is 1120 g/mol. The number of anilines is 9. The molecule has 3 nitrogen and oxygen atoms in total. The molecule has 0 atom stereocenters. The summed E-state index contributed by atoms with van der Waals surface area (Å²) in [5, 5.41) is 1.41. The molecule has 0 radical (unpaired) electrons. The highest BCUT2D eigenvalue weighted by Crippen LogP contribution is 2.60. The normalized spacial score (nSPS) is 21.7. The lowest BCUT2D eigenvalue weighted by Gasteiger charge is -2.52. The van der Waals surface area contributed by atoms with E-state index in [1.54, 1.807) is 11.1 Å². The van der Waals surface area contributed by atoms with E-state index in [2.05, 4.69) is 281 Å². The highest BCUT2D eigenvalue weighted by Gasteiger charge is 2.52. The Labute approximate surface area is 506 Å². The Kier molecular flexibility index (Phi) is 11.6. The summed E-state index contributed by atoms with van der Waals surface area (Å²) in [5.74, 6) is 0. The monoisotopic (exact) mass is 1120 g/mol. The van der Waals surface area contributed by atoms with E-state index in [9.17, 15) is 0 Å². The maximum absolute atomic E-state index is 2.80. The molecule has 5 aliphatic carbocycles. The standard InChI is InChI=1S/C79H84BN3S/c1-49-23-21-22-28-64(49)81(52-26-19-16-20-27-52)54-43-67-70-68(44-54)83(65-32-29-51(73(2,3)4)41-55(65)50-24-17-15-18-25-50)66-47-60-59(76(9,10)35-36-77(60,11)12)46-63(66)80(70)72-71(82(67)53-30-31-57-58(42-53)75(7,8)34-33-74(57,5)6)56-45-61-62(48-69(56)84-72)79(14)39-37-78(61,13)38-40-79/h15-32,41-48H,33-40H2,1-14H3. The van der Waals surface area contributed by atoms with Gasteiger partial charge in [0.25, 0.3) is 6.71 Å². The molecule has 1 saturated carbocycles. The molecule has 3 heterocycles. The third kappa shape index (κ3) is 7.95. The molecule has 8 aromatic carbocycles. The highest BCUT2D eigenvalue weighted by atomic mass is 32.1. The Hall–Kier alpha value is -6.82. The Balaban J connectivity index is 1.14. The topological polar surface area (TPSA) is 9.72 Å². The molecule has 9 aromatic rings. The predicted octanol–water partition coefficient (Wildman–Crippen LogP) is 20.5. The van der Waals surface area contributed by atoms with Crippen LogP contribution in [0.1, 0.15) is 186 Å². The molecule has 84 heavy (non-hydrogen) atoms. The van der Waals surface area contributed by atoms with Gasteiger partial charge >= 0.3 is 0 Å². The van der Waals surface area contributed by atoms with Crippen molar-refractivity contribution < 1.29 is 0 Å². The fraction of sp³-hybridized carbons (Fsp3) is 0.367. The van der Waals surface area contributed by atoms with E-state index in [0.29, 0.717) is 0 Å². The second-order valence-corrected chi connectivity index (χ2v) is 31.9. The van der Waals surface area contributed by atoms with E-state index in [1.807, 2.05) is 0 Å². The van der Waals surface area contributed by atoms with E-state index in [1.165, 1.54) is 142 Å².